The molecule has 2 aliphatic heterocycles. The number of benzene rings is 2. The zero-order chi connectivity index (χ0) is 29.4. The van der Waals surface area contributed by atoms with Gasteiger partial charge in [-0.15, -0.1) is 0 Å². The van der Waals surface area contributed by atoms with Crippen LogP contribution in [0.5, 0.6) is 17.2 Å². The molecule has 2 aromatic heterocycles. The summed E-state index contributed by atoms with van der Waals surface area (Å²) in [5.74, 6) is 1.61. The normalized spacial score (nSPS) is 15.9. The summed E-state index contributed by atoms with van der Waals surface area (Å²) in [6.45, 7) is 3.64. The van der Waals surface area contributed by atoms with Crippen LogP contribution in [0.4, 0.5) is 30.6 Å². The van der Waals surface area contributed by atoms with Crippen LogP contribution in [0, 0.1) is 0 Å². The van der Waals surface area contributed by atoms with E-state index in [1.165, 1.54) is 13.0 Å². The highest BCUT2D eigenvalue weighted by atomic mass is 19.4. The number of carbonyl (C=O) groups excluding carboxylic acids is 1. The molecular formula is C30H31F3N6O3. The predicted molar refractivity (Wildman–Crippen MR) is 153 cm³/mol. The zero-order valence-electron chi connectivity index (χ0n) is 23.3. The van der Waals surface area contributed by atoms with Gasteiger partial charge in [-0.05, 0) is 69.1 Å². The molecule has 0 radical (unpaired) electrons. The molecule has 2 aromatic carbocycles. The topological polar surface area (TPSA) is 93.5 Å². The summed E-state index contributed by atoms with van der Waals surface area (Å²) < 4.78 is 56.3. The summed E-state index contributed by atoms with van der Waals surface area (Å²) in [6, 6.07) is 11.1. The SMILES string of the molecule is CC(=O)Nc1cc(Oc2ccc3nc(Nc4ccc(OC5CCN(C)CC5)c(C(F)(F)F)c4)n4c3c2CCC4)ccn1. The average molecular weight is 581 g/mol. The van der Waals surface area contributed by atoms with Crippen molar-refractivity contribution in [2.24, 2.45) is 0 Å². The van der Waals surface area contributed by atoms with E-state index in [4.69, 9.17) is 14.5 Å². The van der Waals surface area contributed by atoms with Crippen molar-refractivity contribution in [1.29, 1.82) is 0 Å². The minimum Gasteiger partial charge on any atom is -0.490 e. The first-order valence-electron chi connectivity index (χ1n) is 13.9. The van der Waals surface area contributed by atoms with Crippen LogP contribution in [0.15, 0.2) is 48.7 Å². The Kier molecular flexibility index (Phi) is 7.40. The number of nitrogens with zero attached hydrogens (tertiary/aromatic N) is 4. The van der Waals surface area contributed by atoms with Crippen molar-refractivity contribution in [3.63, 3.8) is 0 Å². The van der Waals surface area contributed by atoms with Gasteiger partial charge in [0, 0.05) is 50.1 Å². The highest BCUT2D eigenvalue weighted by Gasteiger charge is 2.36. The van der Waals surface area contributed by atoms with E-state index >= 15 is 0 Å². The quantitative estimate of drug-likeness (QED) is 0.263. The highest BCUT2D eigenvalue weighted by Crippen LogP contribution is 2.41. The van der Waals surface area contributed by atoms with Gasteiger partial charge in [-0.25, -0.2) is 9.97 Å². The molecule has 0 saturated carbocycles. The van der Waals surface area contributed by atoms with E-state index in [0.717, 1.165) is 43.1 Å². The van der Waals surface area contributed by atoms with Crippen molar-refractivity contribution in [1.82, 2.24) is 19.4 Å². The highest BCUT2D eigenvalue weighted by molar-refractivity contribution is 5.88. The number of likely N-dealkylation sites (tertiary alicyclic amines) is 1. The van der Waals surface area contributed by atoms with Gasteiger partial charge in [0.2, 0.25) is 11.9 Å². The number of aromatic nitrogens is 3. The van der Waals surface area contributed by atoms with Crippen molar-refractivity contribution < 1.29 is 27.4 Å². The Morgan fingerprint density at radius 3 is 2.60 bits per heavy atom. The minimum atomic E-state index is -4.57. The fourth-order valence-electron chi connectivity index (χ4n) is 5.54. The molecule has 0 bridgehead atoms. The first-order valence-corrected chi connectivity index (χ1v) is 13.9. The number of piperidine rings is 1. The van der Waals surface area contributed by atoms with Crippen LogP contribution < -0.4 is 20.1 Å². The van der Waals surface area contributed by atoms with Gasteiger partial charge in [0.1, 0.15) is 29.2 Å². The minimum absolute atomic E-state index is 0.154. The molecule has 1 saturated heterocycles. The monoisotopic (exact) mass is 580 g/mol. The Balaban J connectivity index is 1.28. The summed E-state index contributed by atoms with van der Waals surface area (Å²) >= 11 is 0. The van der Waals surface area contributed by atoms with Gasteiger partial charge < -0.3 is 29.6 Å². The Labute approximate surface area is 240 Å². The molecule has 0 unspecified atom stereocenters. The largest absolute Gasteiger partial charge is 0.490 e. The number of carbonyl (C=O) groups is 1. The molecule has 4 aromatic rings. The van der Waals surface area contributed by atoms with Crippen LogP contribution >= 0.6 is 0 Å². The summed E-state index contributed by atoms with van der Waals surface area (Å²) in [6.07, 6.45) is -0.345. The number of alkyl halides is 3. The van der Waals surface area contributed by atoms with E-state index < -0.39 is 11.7 Å². The second-order valence-corrected chi connectivity index (χ2v) is 10.7. The second kappa shape index (κ2) is 11.2. The molecule has 1 fully saturated rings. The molecule has 4 heterocycles. The van der Waals surface area contributed by atoms with E-state index in [1.807, 2.05) is 23.7 Å². The lowest BCUT2D eigenvalue weighted by atomic mass is 10.0. The van der Waals surface area contributed by atoms with Gasteiger partial charge in [0.15, 0.2) is 0 Å². The van der Waals surface area contributed by atoms with Crippen molar-refractivity contribution >= 4 is 34.4 Å². The lowest BCUT2D eigenvalue weighted by Crippen LogP contribution is -2.36. The third-order valence-electron chi connectivity index (χ3n) is 7.54. The maximum absolute atomic E-state index is 14.1. The first kappa shape index (κ1) is 27.8. The van der Waals surface area contributed by atoms with Crippen LogP contribution in [0.3, 0.4) is 0 Å². The lowest BCUT2D eigenvalue weighted by molar-refractivity contribution is -0.139. The molecule has 2 aliphatic rings. The molecule has 0 atom stereocenters. The molecule has 6 rings (SSSR count). The fraction of sp³-hybridized carbons (Fsp3) is 0.367. The molecule has 42 heavy (non-hydrogen) atoms. The number of imidazole rings is 1. The number of pyridine rings is 1. The smallest absolute Gasteiger partial charge is 0.420 e. The van der Waals surface area contributed by atoms with Gasteiger partial charge in [0.05, 0.1) is 16.6 Å². The van der Waals surface area contributed by atoms with E-state index in [2.05, 4.69) is 20.5 Å². The number of halogens is 3. The summed E-state index contributed by atoms with van der Waals surface area (Å²) in [5, 5.41) is 5.76. The Hall–Kier alpha value is -4.32. The third-order valence-corrected chi connectivity index (χ3v) is 7.54. The number of hydrogen-bond acceptors (Lipinski definition) is 7. The van der Waals surface area contributed by atoms with Gasteiger partial charge in [-0.3, -0.25) is 4.79 Å². The molecular weight excluding hydrogens is 549 g/mol. The van der Waals surface area contributed by atoms with Gasteiger partial charge in [-0.1, -0.05) is 0 Å². The molecule has 1 amide bonds. The van der Waals surface area contributed by atoms with Crippen molar-refractivity contribution in [3.05, 3.63) is 59.8 Å². The summed E-state index contributed by atoms with van der Waals surface area (Å²) in [7, 11) is 1.99. The summed E-state index contributed by atoms with van der Waals surface area (Å²) in [5.41, 5.74) is 2.00. The van der Waals surface area contributed by atoms with Crippen molar-refractivity contribution in [3.8, 4) is 17.2 Å². The number of amides is 1. The molecule has 9 nitrogen and oxygen atoms in total. The first-order chi connectivity index (χ1) is 20.1. The predicted octanol–water partition coefficient (Wildman–Crippen LogP) is 6.36. The van der Waals surface area contributed by atoms with Crippen LogP contribution in [0.2, 0.25) is 0 Å². The number of ether oxygens (including phenoxy) is 2. The van der Waals surface area contributed by atoms with Crippen LogP contribution in [-0.4, -0.2) is 51.6 Å². The number of nitrogens with one attached hydrogen (secondary N) is 2. The van der Waals surface area contributed by atoms with E-state index in [9.17, 15) is 18.0 Å². The van der Waals surface area contributed by atoms with Crippen molar-refractivity contribution in [2.75, 3.05) is 30.8 Å². The maximum Gasteiger partial charge on any atom is 0.420 e. The average Bonchev–Trinajstić information content (AvgIpc) is 3.30. The zero-order valence-corrected chi connectivity index (χ0v) is 23.3. The third kappa shape index (κ3) is 5.85. The molecule has 0 aliphatic carbocycles. The maximum atomic E-state index is 14.1. The van der Waals surface area contributed by atoms with Crippen LogP contribution in [-0.2, 0) is 23.9 Å². The van der Waals surface area contributed by atoms with Crippen LogP contribution in [0.1, 0.15) is 37.3 Å². The second-order valence-electron chi connectivity index (χ2n) is 10.7. The van der Waals surface area contributed by atoms with E-state index in [0.29, 0.717) is 48.2 Å². The molecule has 12 heteroatoms. The number of hydrogen-bond donors (Lipinski definition) is 2. The Morgan fingerprint density at radius 2 is 1.83 bits per heavy atom. The van der Waals surface area contributed by atoms with E-state index in [1.54, 1.807) is 24.4 Å². The van der Waals surface area contributed by atoms with Crippen LogP contribution in [0.25, 0.3) is 11.0 Å². The standard InChI is InChI=1S/C30H31F3N6O3/c1-18(40)35-27-17-21(9-12-34-27)42-25-8-6-24-28-22(25)4-3-13-39(28)29(37-24)36-19-5-7-26(23(16-19)30(31,32)33)41-20-10-14-38(2)15-11-20/h5-9,12,16-17,20H,3-4,10-11,13-15H2,1-2H3,(H,36,37)(H,34,35,40). The lowest BCUT2D eigenvalue weighted by Gasteiger charge is -2.30. The van der Waals surface area contributed by atoms with Gasteiger partial charge in [-0.2, -0.15) is 13.2 Å². The number of aryl methyl sites for hydroxylation is 2. The Bertz CT molecular complexity index is 1630. The summed E-state index contributed by atoms with van der Waals surface area (Å²) in [4.78, 5) is 22.4. The molecule has 2 N–H and O–H groups in total. The van der Waals surface area contributed by atoms with Gasteiger partial charge >= 0.3 is 6.18 Å². The molecule has 0 spiro atoms. The van der Waals surface area contributed by atoms with Crippen molar-refractivity contribution in [2.45, 2.75) is 51.4 Å². The Morgan fingerprint density at radius 1 is 1.05 bits per heavy atom. The number of rotatable bonds is 7. The van der Waals surface area contributed by atoms with Gasteiger partial charge in [0.25, 0.3) is 0 Å². The number of anilines is 3. The van der Waals surface area contributed by atoms with E-state index in [-0.39, 0.29) is 23.4 Å². The molecule has 220 valence electrons. The fourth-order valence-corrected chi connectivity index (χ4v) is 5.54.